The van der Waals surface area contributed by atoms with E-state index in [1.807, 2.05) is 40.7 Å². The maximum Gasteiger partial charge on any atom is 1.00 e. The van der Waals surface area contributed by atoms with Gasteiger partial charge in [-0.2, -0.15) is 0 Å². The predicted molar refractivity (Wildman–Crippen MR) is 216 cm³/mol. The van der Waals surface area contributed by atoms with Crippen LogP contribution < -0.4 is 34.7 Å². The molecule has 0 radical (unpaired) electrons. The van der Waals surface area contributed by atoms with Crippen molar-refractivity contribution in [3.05, 3.63) is 11.6 Å². The fourth-order valence-corrected chi connectivity index (χ4v) is 11.2. The molecule has 6 saturated heterocycles. The Bertz CT molecular complexity index is 1570. The zero-order chi connectivity index (χ0) is 44.2. The van der Waals surface area contributed by atoms with E-state index in [9.17, 15) is 35.1 Å². The first kappa shape index (κ1) is 51.4. The summed E-state index contributed by atoms with van der Waals surface area (Å²) in [6, 6.07) is 0. The van der Waals surface area contributed by atoms with Crippen molar-refractivity contribution in [2.45, 2.75) is 212 Å². The zero-order valence-corrected chi connectivity index (χ0v) is 40.7. The minimum Gasteiger partial charge on any atom is -0.550 e. The maximum absolute atomic E-state index is 13.6. The maximum atomic E-state index is 13.6. The van der Waals surface area contributed by atoms with E-state index < -0.39 is 89.6 Å². The summed E-state index contributed by atoms with van der Waals surface area (Å²) >= 11 is 0. The molecule has 6 rings (SSSR count). The number of hydrogen-bond donors (Lipinski definition) is 4. The number of allylic oxidation sites excluding steroid dienone is 2. The van der Waals surface area contributed by atoms with Gasteiger partial charge in [0.25, 0.3) is 0 Å². The molecule has 0 amide bonds. The summed E-state index contributed by atoms with van der Waals surface area (Å²) in [6.45, 7) is 18.8. The second-order valence-corrected chi connectivity index (χ2v) is 20.5. The number of rotatable bonds is 13. The van der Waals surface area contributed by atoms with Crippen molar-refractivity contribution in [2.24, 2.45) is 40.9 Å². The minimum absolute atomic E-state index is 0. The van der Waals surface area contributed by atoms with E-state index in [4.69, 9.17) is 33.2 Å². The monoisotopic (exact) mass is 875 g/mol. The predicted octanol–water partition coefficient (Wildman–Crippen LogP) is 1.31. The molecule has 0 bridgehead atoms. The van der Waals surface area contributed by atoms with Gasteiger partial charge in [0, 0.05) is 60.7 Å². The van der Waals surface area contributed by atoms with E-state index in [0.717, 1.165) is 0 Å². The summed E-state index contributed by atoms with van der Waals surface area (Å²) in [5, 5.41) is 55.1. The Morgan fingerprint density at radius 1 is 0.951 bits per heavy atom. The number of hydrogen-bond acceptors (Lipinski definition) is 14. The topological polar surface area (TPSA) is 203 Å². The Morgan fingerprint density at radius 3 is 2.28 bits per heavy atom. The third-order valence-corrected chi connectivity index (χ3v) is 15.5. The molecule has 0 aromatic rings. The summed E-state index contributed by atoms with van der Waals surface area (Å²) in [5.41, 5.74) is -1.11. The van der Waals surface area contributed by atoms with Gasteiger partial charge in [0.1, 0.15) is 0 Å². The molecule has 2 spiro atoms. The Morgan fingerprint density at radius 2 is 1.66 bits per heavy atom. The van der Waals surface area contributed by atoms with Crippen molar-refractivity contribution in [1.29, 1.82) is 0 Å². The molecular weight excluding hydrogens is 799 g/mol. The molecule has 0 aliphatic carbocycles. The first-order valence-corrected chi connectivity index (χ1v) is 22.8. The van der Waals surface area contributed by atoms with E-state index in [0.29, 0.717) is 56.9 Å². The summed E-state index contributed by atoms with van der Waals surface area (Å²) in [5.74, 6) is -7.08. The molecule has 6 heterocycles. The van der Waals surface area contributed by atoms with Crippen LogP contribution in [-0.2, 0) is 42.7 Å². The molecule has 344 valence electrons. The van der Waals surface area contributed by atoms with Crippen LogP contribution in [0.5, 0.6) is 0 Å². The number of carbonyl (C=O) groups excluding carboxylic acids is 2. The molecule has 19 unspecified atom stereocenters. The number of aliphatic hydroxyl groups is 4. The minimum atomic E-state index is -1.67. The van der Waals surface area contributed by atoms with Crippen LogP contribution in [0, 0.1) is 40.9 Å². The average Bonchev–Trinajstić information content (AvgIpc) is 3.70. The van der Waals surface area contributed by atoms with Crippen molar-refractivity contribution < 1.29 is 97.8 Å². The standard InChI is InChI=1S/C46H76O14.Na/c1-11-12-32(39(50)25(2)17-27(4)41(51)52)21-42(9)24-54-44(22-36(42)49)16-15-43(10,60-44)37-20-34(56-38-14-13-33(48)31(8)55-38)30(7)46(58-37)29(6)19-35(57-46)40-26(3)18-28(5)45(53,23-47)59-40;/h12,25-31,33-38,40,47-49,53H,11,13-24H2,1-10H3,(H,51,52);/q;+1/p-1. The van der Waals surface area contributed by atoms with Gasteiger partial charge in [-0.15, -0.1) is 0 Å². The Kier molecular flexibility index (Phi) is 16.6. The van der Waals surface area contributed by atoms with E-state index in [1.165, 1.54) is 0 Å². The summed E-state index contributed by atoms with van der Waals surface area (Å²) in [6.07, 6.45) is 2.84. The van der Waals surface area contributed by atoms with Gasteiger partial charge in [0.15, 0.2) is 29.4 Å². The molecule has 6 aliphatic rings. The summed E-state index contributed by atoms with van der Waals surface area (Å²) < 4.78 is 47.3. The van der Waals surface area contributed by atoms with Crippen LogP contribution in [-0.4, -0.2) is 117 Å². The molecule has 4 N–H and O–H groups in total. The van der Waals surface area contributed by atoms with E-state index in [1.54, 1.807) is 13.8 Å². The normalized spacial score (nSPS) is 47.9. The fourth-order valence-electron chi connectivity index (χ4n) is 11.2. The molecule has 6 fully saturated rings. The number of carbonyl (C=O) groups is 2. The van der Waals surface area contributed by atoms with Crippen LogP contribution in [0.2, 0.25) is 0 Å². The molecular formula is C46H75NaO14. The van der Waals surface area contributed by atoms with Crippen LogP contribution in [0.4, 0.5) is 0 Å². The number of carboxylic acids is 1. The van der Waals surface area contributed by atoms with Crippen molar-refractivity contribution >= 4 is 11.8 Å². The summed E-state index contributed by atoms with van der Waals surface area (Å²) in [4.78, 5) is 25.0. The second-order valence-electron chi connectivity index (χ2n) is 20.5. The third-order valence-electron chi connectivity index (χ3n) is 15.5. The molecule has 0 aromatic carbocycles. The average molecular weight is 875 g/mol. The van der Waals surface area contributed by atoms with Crippen molar-refractivity contribution in [3.63, 3.8) is 0 Å². The quantitative estimate of drug-likeness (QED) is 0.152. The molecule has 14 nitrogen and oxygen atoms in total. The molecule has 61 heavy (non-hydrogen) atoms. The Labute approximate surface area is 385 Å². The largest absolute Gasteiger partial charge is 1.00 e. The summed E-state index contributed by atoms with van der Waals surface area (Å²) in [7, 11) is 0. The van der Waals surface area contributed by atoms with Crippen molar-refractivity contribution in [3.8, 4) is 0 Å². The second kappa shape index (κ2) is 19.7. The Balaban J connectivity index is 0.00000704. The molecule has 6 aliphatic heterocycles. The van der Waals surface area contributed by atoms with Crippen molar-refractivity contribution in [2.75, 3.05) is 13.2 Å². The number of Topliss-reactive ketones (excluding diaryl/α,β-unsaturated/α-hetero) is 1. The number of aliphatic hydroxyl groups excluding tert-OH is 3. The number of aliphatic carboxylic acids is 1. The van der Waals surface area contributed by atoms with Gasteiger partial charge in [0.05, 0.1) is 61.5 Å². The van der Waals surface area contributed by atoms with E-state index >= 15 is 0 Å². The van der Waals surface area contributed by atoms with Gasteiger partial charge >= 0.3 is 29.6 Å². The Hall–Kier alpha value is -0.560. The van der Waals surface area contributed by atoms with E-state index in [2.05, 4.69) is 20.8 Å². The van der Waals surface area contributed by atoms with Crippen LogP contribution in [0.15, 0.2) is 11.6 Å². The van der Waals surface area contributed by atoms with Gasteiger partial charge in [-0.25, -0.2) is 0 Å². The number of ketones is 1. The molecule has 0 aromatic heterocycles. The third kappa shape index (κ3) is 10.4. The molecule has 15 heteroatoms. The van der Waals surface area contributed by atoms with Crippen molar-refractivity contribution in [1.82, 2.24) is 0 Å². The van der Waals surface area contributed by atoms with Crippen LogP contribution in [0.25, 0.3) is 0 Å². The zero-order valence-electron chi connectivity index (χ0n) is 38.7. The molecule has 0 saturated carbocycles. The first-order valence-electron chi connectivity index (χ1n) is 22.8. The van der Waals surface area contributed by atoms with Crippen LogP contribution in [0.3, 0.4) is 0 Å². The first-order chi connectivity index (χ1) is 28.0. The number of carboxylic acid groups (broad SMARTS) is 1. The van der Waals surface area contributed by atoms with Gasteiger partial charge in [-0.05, 0) is 76.2 Å². The smallest absolute Gasteiger partial charge is 0.550 e. The van der Waals surface area contributed by atoms with Gasteiger partial charge < -0.3 is 63.5 Å². The van der Waals surface area contributed by atoms with Crippen LogP contribution in [0.1, 0.15) is 140 Å². The van der Waals surface area contributed by atoms with Gasteiger partial charge in [-0.3, -0.25) is 4.79 Å². The SMILES string of the molecule is CCC=C(CC1(C)COC2(CCC(C)(C3CC(OC4CCC(O)C(C)O4)C(C)C4(OC(C5OC(O)(CO)C(C)CC5C)CC4C)O3)O2)CC1O)C(=O)C(C)CC(C)C(=O)[O-].[Na+]. The van der Waals surface area contributed by atoms with Crippen LogP contribution >= 0.6 is 0 Å². The number of ether oxygens (including phenoxy) is 7. The van der Waals surface area contributed by atoms with Gasteiger partial charge in [0.2, 0.25) is 0 Å². The fraction of sp³-hybridized carbons (Fsp3) is 0.913. The van der Waals surface area contributed by atoms with E-state index in [-0.39, 0.29) is 97.1 Å². The molecule has 19 atom stereocenters. The van der Waals surface area contributed by atoms with Gasteiger partial charge in [-0.1, -0.05) is 61.5 Å².